The van der Waals surface area contributed by atoms with Gasteiger partial charge in [-0.25, -0.2) is 18.1 Å². The van der Waals surface area contributed by atoms with Gasteiger partial charge in [0.1, 0.15) is 10.0 Å². The minimum atomic E-state index is -3.74. The highest BCUT2D eigenvalue weighted by Crippen LogP contribution is 2.22. The van der Waals surface area contributed by atoms with Crippen molar-refractivity contribution in [2.24, 2.45) is 0 Å². The second-order valence-corrected chi connectivity index (χ2v) is 6.78. The molecular weight excluding hydrogens is 335 g/mol. The lowest BCUT2D eigenvalue weighted by Gasteiger charge is -2.08. The summed E-state index contributed by atoms with van der Waals surface area (Å²) in [6, 6.07) is 8.21. The summed E-state index contributed by atoms with van der Waals surface area (Å²) in [6.07, 6.45) is 1.14. The molecule has 0 aliphatic heterocycles. The van der Waals surface area contributed by atoms with E-state index < -0.39 is 10.0 Å². The summed E-state index contributed by atoms with van der Waals surface area (Å²) < 4.78 is 26.7. The first-order chi connectivity index (χ1) is 9.92. The van der Waals surface area contributed by atoms with Gasteiger partial charge in [-0.05, 0) is 17.2 Å². The van der Waals surface area contributed by atoms with Gasteiger partial charge in [0.2, 0.25) is 10.0 Å². The summed E-state index contributed by atoms with van der Waals surface area (Å²) in [5.41, 5.74) is 1.45. The molecule has 0 spiro atoms. The first kappa shape index (κ1) is 16.2. The zero-order valence-corrected chi connectivity index (χ0v) is 13.1. The van der Waals surface area contributed by atoms with Crippen LogP contribution in [0.15, 0.2) is 41.4 Å². The summed E-state index contributed by atoms with van der Waals surface area (Å²) >= 11 is 11.4. The standard InChI is InChI=1S/C13H12Cl2N2O3S/c14-12-5-11(7-16-13(12)15)21(19,20)17-6-9-2-1-3-10(4-9)8-18/h1-5,7,17-18H,6,8H2. The van der Waals surface area contributed by atoms with Gasteiger partial charge in [0.05, 0.1) is 11.6 Å². The van der Waals surface area contributed by atoms with Crippen molar-refractivity contribution >= 4 is 33.2 Å². The molecule has 0 radical (unpaired) electrons. The zero-order valence-electron chi connectivity index (χ0n) is 10.8. The van der Waals surface area contributed by atoms with Crippen LogP contribution in [0.25, 0.3) is 0 Å². The number of benzene rings is 1. The lowest BCUT2D eigenvalue weighted by Crippen LogP contribution is -2.23. The molecule has 112 valence electrons. The summed E-state index contributed by atoms with van der Waals surface area (Å²) in [6.45, 7) is -0.00623. The topological polar surface area (TPSA) is 79.3 Å². The van der Waals surface area contributed by atoms with Crippen LogP contribution in [0.3, 0.4) is 0 Å². The number of halogens is 2. The van der Waals surface area contributed by atoms with Gasteiger partial charge in [-0.15, -0.1) is 0 Å². The molecule has 0 atom stereocenters. The van der Waals surface area contributed by atoms with E-state index in [-0.39, 0.29) is 28.2 Å². The molecule has 5 nitrogen and oxygen atoms in total. The second-order valence-electron chi connectivity index (χ2n) is 4.25. The number of pyridine rings is 1. The maximum atomic E-state index is 12.1. The van der Waals surface area contributed by atoms with Crippen LogP contribution in [0.5, 0.6) is 0 Å². The molecular formula is C13H12Cl2N2O3S. The minimum absolute atomic E-state index is 0.0475. The molecule has 0 saturated carbocycles. The van der Waals surface area contributed by atoms with Crippen molar-refractivity contribution in [2.45, 2.75) is 18.0 Å². The van der Waals surface area contributed by atoms with Gasteiger partial charge in [0.15, 0.2) is 0 Å². The van der Waals surface area contributed by atoms with Crippen molar-refractivity contribution in [1.82, 2.24) is 9.71 Å². The molecule has 0 amide bonds. The monoisotopic (exact) mass is 346 g/mol. The third-order valence-electron chi connectivity index (χ3n) is 2.72. The lowest BCUT2D eigenvalue weighted by atomic mass is 10.1. The second kappa shape index (κ2) is 6.72. The highest BCUT2D eigenvalue weighted by molar-refractivity contribution is 7.89. The molecule has 0 unspecified atom stereocenters. The van der Waals surface area contributed by atoms with Crippen LogP contribution in [0, 0.1) is 0 Å². The van der Waals surface area contributed by atoms with E-state index in [0.29, 0.717) is 5.56 Å². The Morgan fingerprint density at radius 3 is 2.57 bits per heavy atom. The van der Waals surface area contributed by atoms with Gasteiger partial charge in [0.25, 0.3) is 0 Å². The predicted molar refractivity (Wildman–Crippen MR) is 80.6 cm³/mol. The largest absolute Gasteiger partial charge is 0.392 e. The summed E-state index contributed by atoms with van der Waals surface area (Å²) in [4.78, 5) is 3.65. The van der Waals surface area contributed by atoms with E-state index in [0.717, 1.165) is 11.8 Å². The minimum Gasteiger partial charge on any atom is -0.392 e. The van der Waals surface area contributed by atoms with Crippen molar-refractivity contribution in [3.63, 3.8) is 0 Å². The number of nitrogens with one attached hydrogen (secondary N) is 1. The Labute approximate surface area is 132 Å². The van der Waals surface area contributed by atoms with E-state index in [4.69, 9.17) is 28.3 Å². The average Bonchev–Trinajstić information content (AvgIpc) is 2.48. The smallest absolute Gasteiger partial charge is 0.242 e. The molecule has 2 aromatic rings. The van der Waals surface area contributed by atoms with Crippen molar-refractivity contribution in [2.75, 3.05) is 0 Å². The Bertz CT molecular complexity index is 751. The summed E-state index contributed by atoms with van der Waals surface area (Å²) in [5.74, 6) is 0. The molecule has 1 aromatic carbocycles. The van der Waals surface area contributed by atoms with Gasteiger partial charge in [0, 0.05) is 12.7 Å². The number of aliphatic hydroxyl groups is 1. The Kier molecular flexibility index (Phi) is 5.18. The number of hydrogen-bond acceptors (Lipinski definition) is 4. The van der Waals surface area contributed by atoms with Gasteiger partial charge in [-0.1, -0.05) is 47.5 Å². The number of hydrogen-bond donors (Lipinski definition) is 2. The Balaban J connectivity index is 2.15. The molecule has 21 heavy (non-hydrogen) atoms. The first-order valence-electron chi connectivity index (χ1n) is 5.92. The molecule has 0 saturated heterocycles. The summed E-state index contributed by atoms with van der Waals surface area (Å²) in [5, 5.41) is 9.17. The molecule has 0 fully saturated rings. The normalized spacial score (nSPS) is 11.6. The maximum absolute atomic E-state index is 12.1. The average molecular weight is 347 g/mol. The number of rotatable bonds is 5. The van der Waals surface area contributed by atoms with Crippen molar-refractivity contribution in [3.8, 4) is 0 Å². The predicted octanol–water partition coefficient (Wildman–Crippen LogP) is 2.36. The van der Waals surface area contributed by atoms with E-state index in [2.05, 4.69) is 9.71 Å². The number of aliphatic hydroxyl groups excluding tert-OH is 1. The molecule has 0 aliphatic carbocycles. The SMILES string of the molecule is O=S(=O)(NCc1cccc(CO)c1)c1cnc(Cl)c(Cl)c1. The van der Waals surface area contributed by atoms with Crippen LogP contribution in [0.1, 0.15) is 11.1 Å². The van der Waals surface area contributed by atoms with Gasteiger partial charge in [-0.2, -0.15) is 0 Å². The van der Waals surface area contributed by atoms with Crippen LogP contribution in [-0.2, 0) is 23.2 Å². The van der Waals surface area contributed by atoms with Crippen LogP contribution in [-0.4, -0.2) is 18.5 Å². The Morgan fingerprint density at radius 1 is 1.19 bits per heavy atom. The third-order valence-corrected chi connectivity index (χ3v) is 4.78. The number of sulfonamides is 1. The van der Waals surface area contributed by atoms with E-state index in [1.54, 1.807) is 24.3 Å². The quantitative estimate of drug-likeness (QED) is 0.814. The van der Waals surface area contributed by atoms with Gasteiger partial charge in [-0.3, -0.25) is 0 Å². The fraction of sp³-hybridized carbons (Fsp3) is 0.154. The van der Waals surface area contributed by atoms with Gasteiger partial charge < -0.3 is 5.11 Å². The molecule has 0 bridgehead atoms. The van der Waals surface area contributed by atoms with E-state index in [9.17, 15) is 8.42 Å². The summed E-state index contributed by atoms with van der Waals surface area (Å²) in [7, 11) is -3.74. The number of nitrogens with zero attached hydrogens (tertiary/aromatic N) is 1. The van der Waals surface area contributed by atoms with Crippen molar-refractivity contribution < 1.29 is 13.5 Å². The Morgan fingerprint density at radius 2 is 1.90 bits per heavy atom. The van der Waals surface area contributed by atoms with E-state index in [1.165, 1.54) is 6.07 Å². The first-order valence-corrected chi connectivity index (χ1v) is 8.15. The molecule has 0 aliphatic rings. The number of aromatic nitrogens is 1. The van der Waals surface area contributed by atoms with Crippen LogP contribution < -0.4 is 4.72 Å². The van der Waals surface area contributed by atoms with Crippen molar-refractivity contribution in [3.05, 3.63) is 57.8 Å². The molecule has 2 rings (SSSR count). The fourth-order valence-electron chi connectivity index (χ4n) is 1.65. The van der Waals surface area contributed by atoms with Crippen LogP contribution in [0.2, 0.25) is 10.2 Å². The van der Waals surface area contributed by atoms with Crippen LogP contribution >= 0.6 is 23.2 Å². The van der Waals surface area contributed by atoms with Gasteiger partial charge >= 0.3 is 0 Å². The third kappa shape index (κ3) is 4.15. The maximum Gasteiger partial charge on any atom is 0.242 e. The molecule has 1 heterocycles. The van der Waals surface area contributed by atoms with Crippen molar-refractivity contribution in [1.29, 1.82) is 0 Å². The fourth-order valence-corrected chi connectivity index (χ4v) is 2.97. The highest BCUT2D eigenvalue weighted by atomic mass is 35.5. The van der Waals surface area contributed by atoms with Crippen LogP contribution in [0.4, 0.5) is 0 Å². The zero-order chi connectivity index (χ0) is 15.5. The molecule has 2 N–H and O–H groups in total. The van der Waals surface area contributed by atoms with E-state index >= 15 is 0 Å². The Hall–Kier alpha value is -1.18. The molecule has 1 aromatic heterocycles. The van der Waals surface area contributed by atoms with E-state index in [1.807, 2.05) is 0 Å². The highest BCUT2D eigenvalue weighted by Gasteiger charge is 2.16. The lowest BCUT2D eigenvalue weighted by molar-refractivity contribution is 0.281. The molecule has 8 heteroatoms.